The molecule has 1 aromatic heterocycles. The van der Waals surface area contributed by atoms with Crippen LogP contribution in [0, 0.1) is 0 Å². The summed E-state index contributed by atoms with van der Waals surface area (Å²) in [5.74, 6) is 0. The summed E-state index contributed by atoms with van der Waals surface area (Å²) >= 11 is 1.34. The summed E-state index contributed by atoms with van der Waals surface area (Å²) in [6.07, 6.45) is 1.59. The highest BCUT2D eigenvalue weighted by Crippen LogP contribution is 2.20. The highest BCUT2D eigenvalue weighted by atomic mass is 32.1. The fraction of sp³-hybridized carbons (Fsp3) is 0.400. The summed E-state index contributed by atoms with van der Waals surface area (Å²) in [5.41, 5.74) is 0. The predicted molar refractivity (Wildman–Crippen MR) is 38.5 cm³/mol. The van der Waals surface area contributed by atoms with Gasteiger partial charge in [0.15, 0.2) is 0 Å². The maximum atomic E-state index is 8.62. The maximum absolute atomic E-state index is 8.62. The van der Waals surface area contributed by atoms with Crippen molar-refractivity contribution in [3.05, 3.63) is 11.1 Å². The second kappa shape index (κ2) is 3.38. The number of azo groups is 1. The van der Waals surface area contributed by atoms with Gasteiger partial charge in [0.2, 0.25) is 5.13 Å². The zero-order valence-corrected chi connectivity index (χ0v) is 6.30. The van der Waals surface area contributed by atoms with E-state index < -0.39 is 0 Å². The molecule has 54 valence electrons. The molecule has 0 radical (unpaired) electrons. The van der Waals surface area contributed by atoms with Crippen LogP contribution in [0.2, 0.25) is 0 Å². The first kappa shape index (κ1) is 7.30. The van der Waals surface area contributed by atoms with Crippen LogP contribution in [0.4, 0.5) is 5.13 Å². The van der Waals surface area contributed by atoms with E-state index in [1.807, 2.05) is 0 Å². The van der Waals surface area contributed by atoms with Gasteiger partial charge in [-0.2, -0.15) is 5.11 Å². The van der Waals surface area contributed by atoms with Crippen molar-refractivity contribution in [2.24, 2.45) is 10.2 Å². The Morgan fingerprint density at radius 3 is 3.10 bits per heavy atom. The topological polar surface area (TPSA) is 57.8 Å². The van der Waals surface area contributed by atoms with Crippen molar-refractivity contribution >= 4 is 16.5 Å². The lowest BCUT2D eigenvalue weighted by molar-refractivity contribution is 0.285. The molecular weight excluding hydrogens is 150 g/mol. The minimum absolute atomic E-state index is 0.0247. The zero-order valence-electron chi connectivity index (χ0n) is 5.48. The molecular formula is C5H7N3OS. The van der Waals surface area contributed by atoms with Gasteiger partial charge in [-0.05, 0) is 0 Å². The standard InChI is InChI=1S/C5H7N3OS/c1-6-8-5-7-2-4(3-9)10-5/h2,9H,3H2,1H3. The van der Waals surface area contributed by atoms with Gasteiger partial charge in [-0.15, -0.1) is 5.11 Å². The van der Waals surface area contributed by atoms with Crippen molar-refractivity contribution in [1.29, 1.82) is 0 Å². The van der Waals surface area contributed by atoms with E-state index in [2.05, 4.69) is 15.2 Å². The number of hydrogen-bond acceptors (Lipinski definition) is 5. The third-order valence-corrected chi connectivity index (χ3v) is 1.75. The van der Waals surface area contributed by atoms with Crippen LogP contribution in [0.25, 0.3) is 0 Å². The second-order valence-corrected chi connectivity index (χ2v) is 2.66. The Morgan fingerprint density at radius 1 is 1.80 bits per heavy atom. The normalized spacial score (nSPS) is 11.0. The molecule has 0 aliphatic rings. The highest BCUT2D eigenvalue weighted by Gasteiger charge is 1.96. The number of aliphatic hydroxyl groups is 1. The minimum atomic E-state index is 0.0247. The Morgan fingerprint density at radius 2 is 2.60 bits per heavy atom. The molecule has 5 heteroatoms. The first-order chi connectivity index (χ1) is 4.86. The van der Waals surface area contributed by atoms with E-state index in [0.29, 0.717) is 5.13 Å². The summed E-state index contributed by atoms with van der Waals surface area (Å²) < 4.78 is 0. The number of aliphatic hydroxyl groups excluding tert-OH is 1. The summed E-state index contributed by atoms with van der Waals surface area (Å²) in [5, 5.41) is 16.4. The molecule has 1 N–H and O–H groups in total. The lowest BCUT2D eigenvalue weighted by Crippen LogP contribution is -1.70. The van der Waals surface area contributed by atoms with Gasteiger partial charge >= 0.3 is 0 Å². The molecule has 0 spiro atoms. The van der Waals surface area contributed by atoms with Crippen molar-refractivity contribution in [3.8, 4) is 0 Å². The first-order valence-electron chi connectivity index (χ1n) is 2.72. The van der Waals surface area contributed by atoms with Gasteiger partial charge in [0.25, 0.3) is 0 Å². The van der Waals surface area contributed by atoms with E-state index in [1.54, 1.807) is 13.2 Å². The Labute approximate surface area is 62.3 Å². The molecule has 0 atom stereocenters. The van der Waals surface area contributed by atoms with E-state index in [4.69, 9.17) is 5.11 Å². The maximum Gasteiger partial charge on any atom is 0.229 e. The molecule has 1 heterocycles. The van der Waals surface area contributed by atoms with Crippen LogP contribution in [0.3, 0.4) is 0 Å². The van der Waals surface area contributed by atoms with E-state index in [1.165, 1.54) is 11.3 Å². The Hall–Kier alpha value is -0.810. The van der Waals surface area contributed by atoms with Crippen molar-refractivity contribution in [3.63, 3.8) is 0 Å². The van der Waals surface area contributed by atoms with E-state index >= 15 is 0 Å². The molecule has 4 nitrogen and oxygen atoms in total. The fourth-order valence-corrected chi connectivity index (χ4v) is 1.13. The zero-order chi connectivity index (χ0) is 7.40. The highest BCUT2D eigenvalue weighted by molar-refractivity contribution is 7.15. The average Bonchev–Trinajstić information content (AvgIpc) is 2.37. The third-order valence-electron chi connectivity index (χ3n) is 0.883. The van der Waals surface area contributed by atoms with Crippen LogP contribution < -0.4 is 0 Å². The predicted octanol–water partition coefficient (Wildman–Crippen LogP) is 1.35. The molecule has 0 unspecified atom stereocenters. The minimum Gasteiger partial charge on any atom is -0.391 e. The number of hydrogen-bond donors (Lipinski definition) is 1. The average molecular weight is 157 g/mol. The monoisotopic (exact) mass is 157 g/mol. The molecule has 0 bridgehead atoms. The number of rotatable bonds is 2. The van der Waals surface area contributed by atoms with Crippen LogP contribution in [-0.2, 0) is 6.61 Å². The van der Waals surface area contributed by atoms with Gasteiger partial charge in [-0.1, -0.05) is 11.3 Å². The Balaban J connectivity index is 2.78. The molecule has 0 aromatic carbocycles. The third kappa shape index (κ3) is 1.58. The van der Waals surface area contributed by atoms with Crippen LogP contribution in [0.5, 0.6) is 0 Å². The fourth-order valence-electron chi connectivity index (χ4n) is 0.502. The molecule has 0 amide bonds. The lowest BCUT2D eigenvalue weighted by Gasteiger charge is -1.78. The SMILES string of the molecule is CN=Nc1ncc(CO)s1. The van der Waals surface area contributed by atoms with Gasteiger partial charge in [-0.25, -0.2) is 4.98 Å². The number of thiazole rings is 1. The van der Waals surface area contributed by atoms with Crippen LogP contribution in [-0.4, -0.2) is 17.1 Å². The van der Waals surface area contributed by atoms with Gasteiger partial charge in [0.1, 0.15) is 0 Å². The molecule has 10 heavy (non-hydrogen) atoms. The van der Waals surface area contributed by atoms with E-state index in [0.717, 1.165) is 4.88 Å². The van der Waals surface area contributed by atoms with Gasteiger partial charge < -0.3 is 5.11 Å². The van der Waals surface area contributed by atoms with Gasteiger partial charge in [0.05, 0.1) is 11.5 Å². The van der Waals surface area contributed by atoms with Gasteiger partial charge in [0, 0.05) is 13.2 Å². The summed E-state index contributed by atoms with van der Waals surface area (Å²) in [4.78, 5) is 4.68. The number of nitrogens with zero attached hydrogens (tertiary/aromatic N) is 3. The van der Waals surface area contributed by atoms with Crippen LogP contribution >= 0.6 is 11.3 Å². The van der Waals surface area contributed by atoms with Crippen molar-refractivity contribution in [2.45, 2.75) is 6.61 Å². The molecule has 0 fully saturated rings. The first-order valence-corrected chi connectivity index (χ1v) is 3.54. The molecule has 0 saturated heterocycles. The van der Waals surface area contributed by atoms with Crippen molar-refractivity contribution in [1.82, 2.24) is 4.98 Å². The summed E-state index contributed by atoms with van der Waals surface area (Å²) in [7, 11) is 1.58. The molecule has 0 aliphatic carbocycles. The molecule has 0 aliphatic heterocycles. The van der Waals surface area contributed by atoms with Crippen molar-refractivity contribution < 1.29 is 5.11 Å². The van der Waals surface area contributed by atoms with E-state index in [9.17, 15) is 0 Å². The summed E-state index contributed by atoms with van der Waals surface area (Å²) in [6.45, 7) is 0.0247. The Kier molecular flexibility index (Phi) is 2.47. The van der Waals surface area contributed by atoms with E-state index in [-0.39, 0.29) is 6.61 Å². The van der Waals surface area contributed by atoms with Crippen LogP contribution in [0.1, 0.15) is 4.88 Å². The molecule has 0 saturated carbocycles. The molecule has 1 aromatic rings. The smallest absolute Gasteiger partial charge is 0.229 e. The Bertz CT molecular complexity index is 233. The molecule has 1 rings (SSSR count). The van der Waals surface area contributed by atoms with Crippen molar-refractivity contribution in [2.75, 3.05) is 7.05 Å². The number of aromatic nitrogens is 1. The summed E-state index contributed by atoms with van der Waals surface area (Å²) in [6, 6.07) is 0. The quantitative estimate of drug-likeness (QED) is 0.659. The second-order valence-electron chi connectivity index (χ2n) is 1.57. The van der Waals surface area contributed by atoms with Gasteiger partial charge in [-0.3, -0.25) is 0 Å². The largest absolute Gasteiger partial charge is 0.391 e. The van der Waals surface area contributed by atoms with Crippen LogP contribution in [0.15, 0.2) is 16.4 Å². The lowest BCUT2D eigenvalue weighted by atomic mass is 10.6.